The van der Waals surface area contributed by atoms with Crippen LogP contribution in [0.2, 0.25) is 0 Å². The number of carboxylic acid groups (broad SMARTS) is 1. The Morgan fingerprint density at radius 2 is 1.59 bits per heavy atom. The van der Waals surface area contributed by atoms with Crippen LogP contribution in [-0.2, 0) is 0 Å². The van der Waals surface area contributed by atoms with E-state index in [0.717, 1.165) is 0 Å². The van der Waals surface area contributed by atoms with Gasteiger partial charge in [0.2, 0.25) is 0 Å². The number of aromatic carboxylic acids is 1. The highest BCUT2D eigenvalue weighted by Crippen LogP contribution is 2.10. The zero-order valence-corrected chi connectivity index (χ0v) is 11.2. The van der Waals surface area contributed by atoms with E-state index >= 15 is 0 Å². The maximum Gasteiger partial charge on any atom is 0.335 e. The van der Waals surface area contributed by atoms with Crippen LogP contribution >= 0.6 is 0 Å². The molecule has 22 heavy (non-hydrogen) atoms. The highest BCUT2D eigenvalue weighted by atomic mass is 16.6. The molecule has 0 bridgehead atoms. The second kappa shape index (κ2) is 8.05. The van der Waals surface area contributed by atoms with Crippen LogP contribution in [-0.4, -0.2) is 28.6 Å². The Kier molecular flexibility index (Phi) is 6.11. The fraction of sp³-hybridized carbons (Fsp3) is 0. The topological polar surface area (TPSA) is 115 Å². The number of carbonyl (C=O) groups is 3. The van der Waals surface area contributed by atoms with Gasteiger partial charge in [0.05, 0.1) is 10.5 Å². The van der Waals surface area contributed by atoms with Crippen LogP contribution in [0.5, 0.6) is 0 Å². The summed E-state index contributed by atoms with van der Waals surface area (Å²) in [5.74, 6) is -0.984. The molecule has 0 saturated heterocycles. The summed E-state index contributed by atoms with van der Waals surface area (Å²) < 4.78 is 0. The van der Waals surface area contributed by atoms with Crippen molar-refractivity contribution in [3.8, 4) is 0 Å². The molecule has 0 saturated carbocycles. The number of non-ortho nitro benzene ring substituents is 1. The fourth-order valence-corrected chi connectivity index (χ4v) is 1.42. The van der Waals surface area contributed by atoms with E-state index in [4.69, 9.17) is 5.11 Å². The van der Waals surface area contributed by atoms with E-state index in [2.05, 4.69) is 0 Å². The lowest BCUT2D eigenvalue weighted by molar-refractivity contribution is -0.384. The summed E-state index contributed by atoms with van der Waals surface area (Å²) in [4.78, 5) is 40.2. The molecule has 2 rings (SSSR count). The van der Waals surface area contributed by atoms with Crippen molar-refractivity contribution in [2.24, 2.45) is 0 Å². The Morgan fingerprint density at radius 3 is 2.05 bits per heavy atom. The van der Waals surface area contributed by atoms with Gasteiger partial charge in [-0.2, -0.15) is 0 Å². The van der Waals surface area contributed by atoms with Crippen molar-refractivity contribution in [2.75, 3.05) is 0 Å². The van der Waals surface area contributed by atoms with Gasteiger partial charge in [-0.15, -0.1) is 0 Å². The highest BCUT2D eigenvalue weighted by molar-refractivity contribution is 5.88. The van der Waals surface area contributed by atoms with Gasteiger partial charge in [-0.05, 0) is 12.1 Å². The summed E-state index contributed by atoms with van der Waals surface area (Å²) in [5, 5.41) is 18.6. The number of hydrogen-bond donors (Lipinski definition) is 1. The third-order valence-corrected chi connectivity index (χ3v) is 2.51. The monoisotopic (exact) mass is 301 g/mol. The molecule has 7 heteroatoms. The predicted molar refractivity (Wildman–Crippen MR) is 77.3 cm³/mol. The average Bonchev–Trinajstić information content (AvgIpc) is 2.55. The van der Waals surface area contributed by atoms with Crippen molar-refractivity contribution in [3.63, 3.8) is 0 Å². The summed E-state index contributed by atoms with van der Waals surface area (Å²) >= 11 is 0. The molecule has 7 nitrogen and oxygen atoms in total. The maximum atomic E-state index is 10.3. The highest BCUT2D eigenvalue weighted by Gasteiger charge is 2.03. The van der Waals surface area contributed by atoms with Gasteiger partial charge in [0.1, 0.15) is 12.6 Å². The SMILES string of the molecule is O=Cc1ccc(C(=O)O)cc1.O=Cc1cccc([N+](=O)[O-])c1. The lowest BCUT2D eigenvalue weighted by atomic mass is 10.1. The minimum Gasteiger partial charge on any atom is -0.478 e. The van der Waals surface area contributed by atoms with Crippen molar-refractivity contribution in [2.45, 2.75) is 0 Å². The van der Waals surface area contributed by atoms with E-state index in [-0.39, 0.29) is 11.3 Å². The zero-order chi connectivity index (χ0) is 16.5. The lowest BCUT2D eigenvalue weighted by Crippen LogP contribution is -1.95. The van der Waals surface area contributed by atoms with E-state index < -0.39 is 10.9 Å². The van der Waals surface area contributed by atoms with Crippen LogP contribution in [0.15, 0.2) is 48.5 Å². The van der Waals surface area contributed by atoms with Gasteiger partial charge < -0.3 is 5.11 Å². The maximum absolute atomic E-state index is 10.3. The van der Waals surface area contributed by atoms with Crippen molar-refractivity contribution in [1.82, 2.24) is 0 Å². The molecular weight excluding hydrogens is 290 g/mol. The molecule has 0 atom stereocenters. The van der Waals surface area contributed by atoms with E-state index in [1.165, 1.54) is 48.5 Å². The number of benzene rings is 2. The quantitative estimate of drug-likeness (QED) is 0.527. The van der Waals surface area contributed by atoms with E-state index in [1.807, 2.05) is 0 Å². The van der Waals surface area contributed by atoms with Gasteiger partial charge in [0.25, 0.3) is 5.69 Å². The number of rotatable bonds is 4. The summed E-state index contributed by atoms with van der Waals surface area (Å²) in [5.41, 5.74) is 0.930. The first-order chi connectivity index (χ1) is 10.5. The van der Waals surface area contributed by atoms with Gasteiger partial charge in [-0.25, -0.2) is 4.79 Å². The third-order valence-electron chi connectivity index (χ3n) is 2.51. The summed E-state index contributed by atoms with van der Waals surface area (Å²) in [7, 11) is 0. The lowest BCUT2D eigenvalue weighted by Gasteiger charge is -1.92. The first kappa shape index (κ1) is 16.7. The number of nitrogens with zero attached hydrogens (tertiary/aromatic N) is 1. The van der Waals surface area contributed by atoms with E-state index in [1.54, 1.807) is 0 Å². The van der Waals surface area contributed by atoms with Crippen LogP contribution in [0.3, 0.4) is 0 Å². The van der Waals surface area contributed by atoms with Crippen LogP contribution in [0.1, 0.15) is 31.1 Å². The molecule has 0 aliphatic carbocycles. The third kappa shape index (κ3) is 4.97. The van der Waals surface area contributed by atoms with E-state index in [0.29, 0.717) is 23.7 Å². The smallest absolute Gasteiger partial charge is 0.335 e. The number of nitro benzene ring substituents is 1. The molecule has 1 N–H and O–H groups in total. The predicted octanol–water partition coefficient (Wildman–Crippen LogP) is 2.60. The number of carboxylic acids is 1. The number of carbonyl (C=O) groups excluding carboxylic acids is 2. The molecule has 0 fully saturated rings. The first-order valence-corrected chi connectivity index (χ1v) is 5.96. The summed E-state index contributed by atoms with van der Waals surface area (Å²) in [6.45, 7) is 0. The number of hydrogen-bond acceptors (Lipinski definition) is 5. The van der Waals surface area contributed by atoms with Gasteiger partial charge in [-0.1, -0.05) is 24.3 Å². The largest absolute Gasteiger partial charge is 0.478 e. The molecule has 0 spiro atoms. The molecule has 0 amide bonds. The molecule has 0 heterocycles. The molecule has 0 radical (unpaired) electrons. The van der Waals surface area contributed by atoms with Crippen LogP contribution in [0.25, 0.3) is 0 Å². The molecule has 0 unspecified atom stereocenters. The van der Waals surface area contributed by atoms with Crippen molar-refractivity contribution in [1.29, 1.82) is 0 Å². The summed E-state index contributed by atoms with van der Waals surface area (Å²) in [6, 6.07) is 11.3. The second-order valence-corrected chi connectivity index (χ2v) is 4.01. The minimum atomic E-state index is -0.984. The number of nitro groups is 1. The zero-order valence-electron chi connectivity index (χ0n) is 11.2. The Hall–Kier alpha value is -3.35. The Morgan fingerprint density at radius 1 is 1.00 bits per heavy atom. The average molecular weight is 301 g/mol. The van der Waals surface area contributed by atoms with Crippen molar-refractivity contribution >= 4 is 24.2 Å². The number of aldehydes is 2. The van der Waals surface area contributed by atoms with Crippen molar-refractivity contribution in [3.05, 3.63) is 75.3 Å². The molecule has 0 aliphatic heterocycles. The first-order valence-electron chi connectivity index (χ1n) is 5.96. The Balaban J connectivity index is 0.000000220. The van der Waals surface area contributed by atoms with Gasteiger partial charge in [-0.3, -0.25) is 19.7 Å². The molecule has 0 aliphatic rings. The molecular formula is C15H11NO6. The Labute approximate surface area is 125 Å². The molecule has 112 valence electrons. The Bertz CT molecular complexity index is 693. The molecule has 2 aromatic carbocycles. The van der Waals surface area contributed by atoms with Crippen LogP contribution in [0.4, 0.5) is 5.69 Å². The standard InChI is InChI=1S/C8H6O3.C7H5NO3/c9-5-6-1-3-7(4-2-6)8(10)11;9-5-6-2-1-3-7(4-6)8(10)11/h1-5H,(H,10,11);1-5H. The molecule has 2 aromatic rings. The fourth-order valence-electron chi connectivity index (χ4n) is 1.42. The van der Waals surface area contributed by atoms with Crippen molar-refractivity contribution < 1.29 is 24.4 Å². The van der Waals surface area contributed by atoms with Gasteiger partial charge >= 0.3 is 5.97 Å². The van der Waals surface area contributed by atoms with E-state index in [9.17, 15) is 24.5 Å². The van der Waals surface area contributed by atoms with Crippen LogP contribution < -0.4 is 0 Å². The van der Waals surface area contributed by atoms with Crippen LogP contribution in [0, 0.1) is 10.1 Å². The molecule has 0 aromatic heterocycles. The minimum absolute atomic E-state index is 0.0606. The second-order valence-electron chi connectivity index (χ2n) is 4.01. The van der Waals surface area contributed by atoms with Gasteiger partial charge in [0, 0.05) is 23.3 Å². The van der Waals surface area contributed by atoms with Gasteiger partial charge in [0.15, 0.2) is 0 Å². The normalized spacial score (nSPS) is 9.09. The summed E-state index contributed by atoms with van der Waals surface area (Å²) in [6.07, 6.45) is 1.25.